The zero-order valence-corrected chi connectivity index (χ0v) is 19.1. The molecule has 0 atom stereocenters. The van der Waals surface area contributed by atoms with Gasteiger partial charge in [0, 0.05) is 10.9 Å². The van der Waals surface area contributed by atoms with Crippen LogP contribution in [0, 0.1) is 0 Å². The average molecular weight is 467 g/mol. The van der Waals surface area contributed by atoms with E-state index in [1.165, 1.54) is 0 Å². The second-order valence-corrected chi connectivity index (χ2v) is 7.53. The number of hydrogen-bond donors (Lipinski definition) is 0. The fourth-order valence-electron chi connectivity index (χ4n) is 3.50. The minimum Gasteiger partial charge on any atom is -0.497 e. The molecule has 3 aromatic carbocycles. The predicted octanol–water partition coefficient (Wildman–Crippen LogP) is 5.57. The molecular formula is C27H21N3O5. The molecule has 0 spiro atoms. The van der Waals surface area contributed by atoms with Gasteiger partial charge in [0.15, 0.2) is 0 Å². The third-order valence-electron chi connectivity index (χ3n) is 5.27. The van der Waals surface area contributed by atoms with E-state index in [0.717, 1.165) is 16.7 Å². The Balaban J connectivity index is 1.58. The van der Waals surface area contributed by atoms with Crippen LogP contribution in [0.15, 0.2) is 92.8 Å². The van der Waals surface area contributed by atoms with Crippen molar-refractivity contribution >= 4 is 22.6 Å². The van der Waals surface area contributed by atoms with E-state index in [9.17, 15) is 4.79 Å². The molecule has 2 heterocycles. The van der Waals surface area contributed by atoms with E-state index in [4.69, 9.17) is 18.4 Å². The summed E-state index contributed by atoms with van der Waals surface area (Å²) < 4.78 is 22.0. The summed E-state index contributed by atoms with van der Waals surface area (Å²) in [5.41, 5.74) is 3.33. The molecule has 35 heavy (non-hydrogen) atoms. The number of carbonyl (C=O) groups is 1. The summed E-state index contributed by atoms with van der Waals surface area (Å²) in [6.07, 6.45) is 0. The first-order valence-electron chi connectivity index (χ1n) is 11.0. The number of carbonyl (C=O) groups excluding carboxylic acids is 1. The van der Waals surface area contributed by atoms with E-state index >= 15 is 0 Å². The predicted molar refractivity (Wildman–Crippen MR) is 129 cm³/mol. The van der Waals surface area contributed by atoms with Crippen LogP contribution in [0.4, 0.5) is 5.69 Å². The van der Waals surface area contributed by atoms with Gasteiger partial charge in [0.05, 0.1) is 25.0 Å². The number of hydrogen-bond acceptors (Lipinski definition) is 8. The van der Waals surface area contributed by atoms with Crippen LogP contribution in [-0.2, 0) is 4.74 Å². The lowest BCUT2D eigenvalue weighted by Gasteiger charge is -2.03. The monoisotopic (exact) mass is 467 g/mol. The molecule has 2 aromatic heterocycles. The van der Waals surface area contributed by atoms with Gasteiger partial charge >= 0.3 is 5.97 Å². The molecule has 5 rings (SSSR count). The summed E-state index contributed by atoms with van der Waals surface area (Å²) in [5, 5.41) is 5.00. The van der Waals surface area contributed by atoms with Gasteiger partial charge in [-0.05, 0) is 67.6 Å². The Labute approximate surface area is 200 Å². The molecule has 5 aromatic rings. The van der Waals surface area contributed by atoms with Crippen molar-refractivity contribution in [3.8, 4) is 28.6 Å². The SMILES string of the molecule is CCOC(=O)c1ccc(N=c2oc3ccccc3cc2-c2nc(-c3ccc(OC)cc3)no2)cc1. The Bertz CT molecular complexity index is 1550. The van der Waals surface area contributed by atoms with Crippen molar-refractivity contribution in [3.63, 3.8) is 0 Å². The van der Waals surface area contributed by atoms with Gasteiger partial charge in [-0.25, -0.2) is 9.79 Å². The first-order valence-corrected chi connectivity index (χ1v) is 11.0. The lowest BCUT2D eigenvalue weighted by atomic mass is 10.1. The fourth-order valence-corrected chi connectivity index (χ4v) is 3.50. The zero-order chi connectivity index (χ0) is 24.2. The van der Waals surface area contributed by atoms with E-state index < -0.39 is 0 Å². The molecule has 0 saturated carbocycles. The zero-order valence-electron chi connectivity index (χ0n) is 19.1. The molecule has 0 amide bonds. The number of ether oxygens (including phenoxy) is 2. The van der Waals surface area contributed by atoms with Crippen molar-refractivity contribution in [2.75, 3.05) is 13.7 Å². The van der Waals surface area contributed by atoms with Crippen molar-refractivity contribution in [3.05, 3.63) is 90.0 Å². The van der Waals surface area contributed by atoms with E-state index in [2.05, 4.69) is 15.1 Å². The number of esters is 1. The summed E-state index contributed by atoms with van der Waals surface area (Å²) in [6, 6.07) is 23.6. The highest BCUT2D eigenvalue weighted by molar-refractivity contribution is 5.89. The Morgan fingerprint density at radius 3 is 2.51 bits per heavy atom. The highest BCUT2D eigenvalue weighted by Gasteiger charge is 2.16. The molecule has 0 radical (unpaired) electrons. The van der Waals surface area contributed by atoms with Gasteiger partial charge in [0.2, 0.25) is 11.4 Å². The summed E-state index contributed by atoms with van der Waals surface area (Å²) in [6.45, 7) is 2.08. The van der Waals surface area contributed by atoms with Crippen LogP contribution in [0.1, 0.15) is 17.3 Å². The van der Waals surface area contributed by atoms with E-state index in [1.807, 2.05) is 54.6 Å². The number of para-hydroxylation sites is 1. The smallest absolute Gasteiger partial charge is 0.338 e. The molecule has 0 aliphatic rings. The molecule has 0 N–H and O–H groups in total. The van der Waals surface area contributed by atoms with Crippen molar-refractivity contribution in [2.45, 2.75) is 6.92 Å². The molecule has 0 saturated heterocycles. The first kappa shape index (κ1) is 22.1. The highest BCUT2D eigenvalue weighted by atomic mass is 16.5. The van der Waals surface area contributed by atoms with Crippen molar-refractivity contribution in [2.24, 2.45) is 4.99 Å². The number of rotatable bonds is 6. The summed E-state index contributed by atoms with van der Waals surface area (Å²) in [5.74, 6) is 1.06. The highest BCUT2D eigenvalue weighted by Crippen LogP contribution is 2.25. The molecule has 0 aliphatic carbocycles. The third-order valence-corrected chi connectivity index (χ3v) is 5.27. The van der Waals surface area contributed by atoms with E-state index in [-0.39, 0.29) is 11.9 Å². The quantitative estimate of drug-likeness (QED) is 0.301. The van der Waals surface area contributed by atoms with Crippen LogP contribution in [0.3, 0.4) is 0 Å². The molecule has 8 nitrogen and oxygen atoms in total. The van der Waals surface area contributed by atoms with Crippen LogP contribution >= 0.6 is 0 Å². The van der Waals surface area contributed by atoms with Gasteiger partial charge in [0.25, 0.3) is 5.89 Å². The van der Waals surface area contributed by atoms with Crippen LogP contribution in [0.5, 0.6) is 5.75 Å². The van der Waals surface area contributed by atoms with Gasteiger partial charge in [-0.3, -0.25) is 0 Å². The van der Waals surface area contributed by atoms with E-state index in [1.54, 1.807) is 38.3 Å². The van der Waals surface area contributed by atoms with Crippen molar-refractivity contribution in [1.29, 1.82) is 0 Å². The Hall–Kier alpha value is -4.72. The maximum absolute atomic E-state index is 11.9. The second kappa shape index (κ2) is 9.64. The molecule has 0 unspecified atom stereocenters. The third kappa shape index (κ3) is 4.67. The van der Waals surface area contributed by atoms with Gasteiger partial charge < -0.3 is 18.4 Å². The molecule has 8 heteroatoms. The molecule has 0 aliphatic heterocycles. The average Bonchev–Trinajstić information content (AvgIpc) is 3.39. The standard InChI is InChI=1S/C27H21N3O5/c1-3-33-27(31)18-8-12-20(13-9-18)28-25-22(16-19-6-4-5-7-23(19)34-25)26-29-24(30-35-26)17-10-14-21(32-2)15-11-17/h4-16H,3H2,1-2H3. The lowest BCUT2D eigenvalue weighted by Crippen LogP contribution is -2.06. The minimum absolute atomic E-state index is 0.271. The Morgan fingerprint density at radius 1 is 1.00 bits per heavy atom. The number of methoxy groups -OCH3 is 1. The van der Waals surface area contributed by atoms with Crippen molar-refractivity contribution < 1.29 is 23.2 Å². The molecular weight excluding hydrogens is 446 g/mol. The number of aromatic nitrogens is 2. The molecule has 174 valence electrons. The number of fused-ring (bicyclic) bond motifs is 1. The van der Waals surface area contributed by atoms with E-state index in [0.29, 0.717) is 40.4 Å². The number of nitrogens with zero attached hydrogens (tertiary/aromatic N) is 3. The van der Waals surface area contributed by atoms with Gasteiger partial charge in [-0.15, -0.1) is 0 Å². The molecule has 0 bridgehead atoms. The summed E-state index contributed by atoms with van der Waals surface area (Å²) in [7, 11) is 1.61. The maximum Gasteiger partial charge on any atom is 0.338 e. The van der Waals surface area contributed by atoms with Gasteiger partial charge in [0.1, 0.15) is 16.9 Å². The molecule has 0 fully saturated rings. The topological polar surface area (TPSA) is 100.0 Å². The largest absolute Gasteiger partial charge is 0.497 e. The minimum atomic E-state index is -0.382. The van der Waals surface area contributed by atoms with Crippen LogP contribution in [0.2, 0.25) is 0 Å². The van der Waals surface area contributed by atoms with Gasteiger partial charge in [-0.2, -0.15) is 4.98 Å². The van der Waals surface area contributed by atoms with Crippen LogP contribution in [0.25, 0.3) is 33.8 Å². The van der Waals surface area contributed by atoms with Crippen molar-refractivity contribution in [1.82, 2.24) is 10.1 Å². The number of benzene rings is 3. The van der Waals surface area contributed by atoms with Gasteiger partial charge in [-0.1, -0.05) is 23.4 Å². The second-order valence-electron chi connectivity index (χ2n) is 7.53. The Kier molecular flexibility index (Phi) is 6.09. The van der Waals surface area contributed by atoms with Crippen LogP contribution in [-0.4, -0.2) is 29.8 Å². The fraction of sp³-hybridized carbons (Fsp3) is 0.111. The van der Waals surface area contributed by atoms with Crippen LogP contribution < -0.4 is 10.3 Å². The summed E-state index contributed by atoms with van der Waals surface area (Å²) in [4.78, 5) is 21.2. The lowest BCUT2D eigenvalue weighted by molar-refractivity contribution is 0.0526. The Morgan fingerprint density at radius 2 is 1.77 bits per heavy atom. The normalized spacial score (nSPS) is 11.5. The summed E-state index contributed by atoms with van der Waals surface area (Å²) >= 11 is 0. The first-order chi connectivity index (χ1) is 17.1. The maximum atomic E-state index is 11.9.